The molecule has 25 heavy (non-hydrogen) atoms. The van der Waals surface area contributed by atoms with Crippen LogP contribution in [0.1, 0.15) is 32.4 Å². The SMILES string of the molecule is CCNC(=NCCN(C)CC)N1CC(C)OC(c2ccc(F)cc2)C1. The van der Waals surface area contributed by atoms with Crippen molar-refractivity contribution in [3.05, 3.63) is 35.6 Å². The fraction of sp³-hybridized carbons (Fsp3) is 0.632. The minimum Gasteiger partial charge on any atom is -0.367 e. The molecule has 0 saturated carbocycles. The molecule has 0 bridgehead atoms. The molecule has 1 aliphatic heterocycles. The van der Waals surface area contributed by atoms with Crippen LogP contribution in [0.4, 0.5) is 4.39 Å². The van der Waals surface area contributed by atoms with E-state index in [2.05, 4.69) is 42.9 Å². The van der Waals surface area contributed by atoms with Crippen molar-refractivity contribution in [2.45, 2.75) is 33.0 Å². The molecule has 0 aliphatic carbocycles. The van der Waals surface area contributed by atoms with E-state index in [0.717, 1.165) is 44.2 Å². The zero-order chi connectivity index (χ0) is 18.2. The molecule has 0 radical (unpaired) electrons. The second-order valence-electron chi connectivity index (χ2n) is 6.52. The van der Waals surface area contributed by atoms with E-state index in [4.69, 9.17) is 9.73 Å². The lowest BCUT2D eigenvalue weighted by Crippen LogP contribution is -2.51. The van der Waals surface area contributed by atoms with Gasteiger partial charge < -0.3 is 19.9 Å². The average Bonchev–Trinajstić information content (AvgIpc) is 2.60. The predicted octanol–water partition coefficient (Wildman–Crippen LogP) is 2.50. The fourth-order valence-corrected chi connectivity index (χ4v) is 2.90. The first-order chi connectivity index (χ1) is 12.0. The molecule has 1 aromatic carbocycles. The molecule has 2 atom stereocenters. The minimum absolute atomic E-state index is 0.0773. The van der Waals surface area contributed by atoms with Gasteiger partial charge in [-0.15, -0.1) is 0 Å². The third-order valence-electron chi connectivity index (χ3n) is 4.42. The van der Waals surface area contributed by atoms with Crippen LogP contribution in [0.3, 0.4) is 0 Å². The van der Waals surface area contributed by atoms with Crippen LogP contribution in [0.2, 0.25) is 0 Å². The Morgan fingerprint density at radius 1 is 1.32 bits per heavy atom. The molecule has 1 aromatic rings. The molecule has 1 saturated heterocycles. The molecule has 0 aromatic heterocycles. The Hall–Kier alpha value is -1.66. The van der Waals surface area contributed by atoms with Gasteiger partial charge in [-0.2, -0.15) is 0 Å². The van der Waals surface area contributed by atoms with Gasteiger partial charge in [0.25, 0.3) is 0 Å². The number of ether oxygens (including phenoxy) is 1. The van der Waals surface area contributed by atoms with E-state index in [9.17, 15) is 4.39 Å². The molecule has 0 spiro atoms. The zero-order valence-electron chi connectivity index (χ0n) is 15.8. The van der Waals surface area contributed by atoms with Crippen LogP contribution >= 0.6 is 0 Å². The predicted molar refractivity (Wildman–Crippen MR) is 100 cm³/mol. The largest absolute Gasteiger partial charge is 0.367 e. The van der Waals surface area contributed by atoms with Gasteiger partial charge in [-0.3, -0.25) is 4.99 Å². The monoisotopic (exact) mass is 350 g/mol. The summed E-state index contributed by atoms with van der Waals surface area (Å²) in [5.41, 5.74) is 1.000. The first-order valence-corrected chi connectivity index (χ1v) is 9.16. The lowest BCUT2D eigenvalue weighted by atomic mass is 10.1. The summed E-state index contributed by atoms with van der Waals surface area (Å²) in [5.74, 6) is 0.702. The van der Waals surface area contributed by atoms with Crippen LogP contribution in [0, 0.1) is 5.82 Å². The molecule has 140 valence electrons. The second kappa shape index (κ2) is 9.73. The molecule has 1 fully saturated rings. The van der Waals surface area contributed by atoms with Crippen molar-refractivity contribution in [1.82, 2.24) is 15.1 Å². The molecule has 5 nitrogen and oxygen atoms in total. The lowest BCUT2D eigenvalue weighted by Gasteiger charge is -2.38. The van der Waals surface area contributed by atoms with Crippen molar-refractivity contribution < 1.29 is 9.13 Å². The van der Waals surface area contributed by atoms with Gasteiger partial charge in [0.15, 0.2) is 5.96 Å². The van der Waals surface area contributed by atoms with Crippen molar-refractivity contribution in [2.24, 2.45) is 4.99 Å². The van der Waals surface area contributed by atoms with Crippen LogP contribution in [0.5, 0.6) is 0 Å². The van der Waals surface area contributed by atoms with E-state index in [-0.39, 0.29) is 18.0 Å². The molecule has 1 heterocycles. The Balaban J connectivity index is 2.08. The van der Waals surface area contributed by atoms with E-state index in [1.807, 2.05) is 0 Å². The van der Waals surface area contributed by atoms with E-state index >= 15 is 0 Å². The van der Waals surface area contributed by atoms with Crippen LogP contribution in [0.15, 0.2) is 29.3 Å². The van der Waals surface area contributed by atoms with E-state index in [1.54, 1.807) is 12.1 Å². The number of likely N-dealkylation sites (N-methyl/N-ethyl adjacent to an activating group) is 1. The standard InChI is InChI=1S/C19H31FN4O/c1-5-21-19(22-11-12-23(4)6-2)24-13-15(3)25-18(14-24)16-7-9-17(20)10-8-16/h7-10,15,18H,5-6,11-14H2,1-4H3,(H,21,22). The van der Waals surface area contributed by atoms with Crippen LogP contribution < -0.4 is 5.32 Å². The molecule has 1 aliphatic rings. The number of morpholine rings is 1. The lowest BCUT2D eigenvalue weighted by molar-refractivity contribution is -0.0605. The highest BCUT2D eigenvalue weighted by molar-refractivity contribution is 5.80. The molecule has 0 amide bonds. The van der Waals surface area contributed by atoms with Crippen molar-refractivity contribution in [1.29, 1.82) is 0 Å². The topological polar surface area (TPSA) is 40.1 Å². The van der Waals surface area contributed by atoms with Gasteiger partial charge in [-0.25, -0.2) is 4.39 Å². The van der Waals surface area contributed by atoms with E-state index in [1.165, 1.54) is 12.1 Å². The third kappa shape index (κ3) is 5.97. The summed E-state index contributed by atoms with van der Waals surface area (Å²) in [6.45, 7) is 11.4. The van der Waals surface area contributed by atoms with Crippen LogP contribution in [0.25, 0.3) is 0 Å². The maximum atomic E-state index is 13.2. The normalized spacial score (nSPS) is 21.7. The Morgan fingerprint density at radius 2 is 2.04 bits per heavy atom. The van der Waals surface area contributed by atoms with Gasteiger partial charge in [0.05, 0.1) is 19.2 Å². The van der Waals surface area contributed by atoms with Crippen molar-refractivity contribution in [3.8, 4) is 0 Å². The Morgan fingerprint density at radius 3 is 2.68 bits per heavy atom. The summed E-state index contributed by atoms with van der Waals surface area (Å²) in [7, 11) is 2.10. The molecular formula is C19H31FN4O. The van der Waals surface area contributed by atoms with Gasteiger partial charge in [-0.05, 0) is 45.1 Å². The maximum Gasteiger partial charge on any atom is 0.194 e. The summed E-state index contributed by atoms with van der Waals surface area (Å²) < 4.78 is 19.3. The highest BCUT2D eigenvalue weighted by Gasteiger charge is 2.28. The van der Waals surface area contributed by atoms with Gasteiger partial charge in [0, 0.05) is 19.6 Å². The average molecular weight is 350 g/mol. The number of hydrogen-bond acceptors (Lipinski definition) is 3. The van der Waals surface area contributed by atoms with E-state index < -0.39 is 0 Å². The van der Waals surface area contributed by atoms with E-state index in [0.29, 0.717) is 6.54 Å². The number of nitrogens with zero attached hydrogens (tertiary/aromatic N) is 3. The van der Waals surface area contributed by atoms with Gasteiger partial charge in [0.1, 0.15) is 11.9 Å². The summed E-state index contributed by atoms with van der Waals surface area (Å²) >= 11 is 0. The molecule has 2 unspecified atom stereocenters. The Bertz CT molecular complexity index is 549. The molecule has 6 heteroatoms. The van der Waals surface area contributed by atoms with Gasteiger partial charge in [0.2, 0.25) is 0 Å². The Kier molecular flexibility index (Phi) is 7.65. The summed E-state index contributed by atoms with van der Waals surface area (Å²) in [4.78, 5) is 9.27. The maximum absolute atomic E-state index is 13.2. The highest BCUT2D eigenvalue weighted by atomic mass is 19.1. The smallest absolute Gasteiger partial charge is 0.194 e. The summed E-state index contributed by atoms with van der Waals surface area (Å²) in [5, 5.41) is 3.39. The number of aliphatic imine (C=N–C) groups is 1. The first-order valence-electron chi connectivity index (χ1n) is 9.16. The number of guanidine groups is 1. The number of nitrogens with one attached hydrogen (secondary N) is 1. The summed E-state index contributed by atoms with van der Waals surface area (Å²) in [6, 6.07) is 6.58. The van der Waals surface area contributed by atoms with Crippen molar-refractivity contribution in [2.75, 3.05) is 46.3 Å². The highest BCUT2D eigenvalue weighted by Crippen LogP contribution is 2.25. The number of rotatable bonds is 6. The van der Waals surface area contributed by atoms with Crippen LogP contribution in [-0.2, 0) is 4.74 Å². The number of hydrogen-bond donors (Lipinski definition) is 1. The first kappa shape index (κ1) is 19.7. The van der Waals surface area contributed by atoms with Crippen molar-refractivity contribution in [3.63, 3.8) is 0 Å². The second-order valence-corrected chi connectivity index (χ2v) is 6.52. The quantitative estimate of drug-likeness (QED) is 0.632. The summed E-state index contributed by atoms with van der Waals surface area (Å²) in [6.07, 6.45) is 0.0116. The molecule has 1 N–H and O–H groups in total. The van der Waals surface area contributed by atoms with Gasteiger partial charge >= 0.3 is 0 Å². The van der Waals surface area contributed by atoms with Gasteiger partial charge in [-0.1, -0.05) is 19.1 Å². The fourth-order valence-electron chi connectivity index (χ4n) is 2.90. The molecule has 2 rings (SSSR count). The zero-order valence-corrected chi connectivity index (χ0v) is 15.8. The Labute approximate surface area is 150 Å². The van der Waals surface area contributed by atoms with Crippen molar-refractivity contribution >= 4 is 5.96 Å². The molecular weight excluding hydrogens is 319 g/mol. The minimum atomic E-state index is -0.223. The van der Waals surface area contributed by atoms with Crippen LogP contribution in [-0.4, -0.2) is 68.2 Å². The number of halogens is 1. The third-order valence-corrected chi connectivity index (χ3v) is 4.42. The number of benzene rings is 1.